The lowest BCUT2D eigenvalue weighted by Crippen LogP contribution is -2.24. The molecular weight excluding hydrogens is 268 g/mol. The van der Waals surface area contributed by atoms with Crippen LogP contribution in [0.2, 0.25) is 0 Å². The van der Waals surface area contributed by atoms with Crippen molar-refractivity contribution in [2.45, 2.75) is 33.1 Å². The van der Waals surface area contributed by atoms with Crippen LogP contribution in [0.15, 0.2) is 35.3 Å². The van der Waals surface area contributed by atoms with Crippen LogP contribution >= 0.6 is 0 Å². The summed E-state index contributed by atoms with van der Waals surface area (Å²) in [5.41, 5.74) is 1.46. The molecule has 5 nitrogen and oxygen atoms in total. The third-order valence-electron chi connectivity index (χ3n) is 3.32. The van der Waals surface area contributed by atoms with E-state index in [0.717, 1.165) is 18.5 Å². The van der Waals surface area contributed by atoms with Crippen LogP contribution in [0.1, 0.15) is 41.9 Å². The lowest BCUT2D eigenvalue weighted by Gasteiger charge is -2.09. The fourth-order valence-electron chi connectivity index (χ4n) is 2.17. The SMILES string of the molecule is CCCc1ccc(-n2cc(CC)c(=O)c(C(=O)O)n2)cc1. The number of benzene rings is 1. The average Bonchev–Trinajstić information content (AvgIpc) is 2.48. The Kier molecular flexibility index (Phi) is 4.52. The molecule has 0 aliphatic carbocycles. The van der Waals surface area contributed by atoms with Crippen molar-refractivity contribution in [3.63, 3.8) is 0 Å². The first kappa shape index (κ1) is 15.0. The highest BCUT2D eigenvalue weighted by molar-refractivity contribution is 5.85. The molecule has 0 aliphatic heterocycles. The van der Waals surface area contributed by atoms with E-state index in [1.54, 1.807) is 6.20 Å². The monoisotopic (exact) mass is 286 g/mol. The van der Waals surface area contributed by atoms with E-state index in [1.807, 2.05) is 31.2 Å². The number of hydrogen-bond acceptors (Lipinski definition) is 3. The third-order valence-corrected chi connectivity index (χ3v) is 3.32. The zero-order valence-corrected chi connectivity index (χ0v) is 12.2. The van der Waals surface area contributed by atoms with Gasteiger partial charge in [-0.2, -0.15) is 5.10 Å². The molecular formula is C16H18N2O3. The van der Waals surface area contributed by atoms with Gasteiger partial charge in [0.15, 0.2) is 0 Å². The number of aryl methyl sites for hydroxylation is 2. The fourth-order valence-corrected chi connectivity index (χ4v) is 2.17. The van der Waals surface area contributed by atoms with Gasteiger partial charge in [0.2, 0.25) is 11.1 Å². The maximum absolute atomic E-state index is 11.9. The van der Waals surface area contributed by atoms with Gasteiger partial charge in [0, 0.05) is 11.8 Å². The number of hydrogen-bond donors (Lipinski definition) is 1. The van der Waals surface area contributed by atoms with Gasteiger partial charge in [-0.05, 0) is 30.5 Å². The van der Waals surface area contributed by atoms with Crippen LogP contribution in [0.5, 0.6) is 0 Å². The van der Waals surface area contributed by atoms with Crippen LogP contribution in [-0.2, 0) is 12.8 Å². The van der Waals surface area contributed by atoms with Crippen LogP contribution in [0.3, 0.4) is 0 Å². The predicted molar refractivity (Wildman–Crippen MR) is 80.2 cm³/mol. The number of carboxylic acids is 1. The van der Waals surface area contributed by atoms with E-state index in [1.165, 1.54) is 10.2 Å². The normalized spacial score (nSPS) is 10.6. The minimum atomic E-state index is -1.30. The van der Waals surface area contributed by atoms with Crippen LogP contribution in [0, 0.1) is 0 Å². The number of carboxylic acid groups (broad SMARTS) is 1. The molecule has 0 saturated heterocycles. The summed E-state index contributed by atoms with van der Waals surface area (Å²) >= 11 is 0. The number of rotatable bonds is 5. The van der Waals surface area contributed by atoms with Gasteiger partial charge < -0.3 is 5.11 Å². The maximum Gasteiger partial charge on any atom is 0.360 e. The molecule has 110 valence electrons. The van der Waals surface area contributed by atoms with Crippen molar-refractivity contribution in [3.05, 3.63) is 57.5 Å². The van der Waals surface area contributed by atoms with Gasteiger partial charge in [-0.3, -0.25) is 4.79 Å². The topological polar surface area (TPSA) is 72.2 Å². The zero-order valence-electron chi connectivity index (χ0n) is 12.2. The highest BCUT2D eigenvalue weighted by atomic mass is 16.4. The summed E-state index contributed by atoms with van der Waals surface area (Å²) in [5, 5.41) is 13.0. The molecule has 0 aliphatic rings. The molecule has 0 saturated carbocycles. The predicted octanol–water partition coefficient (Wildman–Crippen LogP) is 2.45. The molecule has 0 fully saturated rings. The second-order valence-corrected chi connectivity index (χ2v) is 4.85. The second-order valence-electron chi connectivity index (χ2n) is 4.85. The smallest absolute Gasteiger partial charge is 0.360 e. The molecule has 21 heavy (non-hydrogen) atoms. The van der Waals surface area contributed by atoms with Crippen molar-refractivity contribution >= 4 is 5.97 Å². The molecule has 1 heterocycles. The summed E-state index contributed by atoms with van der Waals surface area (Å²) in [6.45, 7) is 3.93. The van der Waals surface area contributed by atoms with E-state index in [0.29, 0.717) is 12.0 Å². The highest BCUT2D eigenvalue weighted by Crippen LogP contribution is 2.11. The second kappa shape index (κ2) is 6.35. The van der Waals surface area contributed by atoms with Crippen LogP contribution in [0.25, 0.3) is 5.69 Å². The Bertz CT molecular complexity index is 702. The molecule has 0 amide bonds. The Morgan fingerprint density at radius 1 is 1.24 bits per heavy atom. The number of aromatic carboxylic acids is 1. The van der Waals surface area contributed by atoms with Crippen molar-refractivity contribution in [3.8, 4) is 5.69 Å². The maximum atomic E-state index is 11.9. The molecule has 0 radical (unpaired) electrons. The number of nitrogens with zero attached hydrogens (tertiary/aromatic N) is 2. The summed E-state index contributed by atoms with van der Waals surface area (Å²) in [7, 11) is 0. The van der Waals surface area contributed by atoms with Gasteiger partial charge >= 0.3 is 5.97 Å². The Hall–Kier alpha value is -2.43. The lowest BCUT2D eigenvalue weighted by molar-refractivity contribution is 0.0686. The van der Waals surface area contributed by atoms with Gasteiger partial charge in [0.25, 0.3) is 0 Å². The lowest BCUT2D eigenvalue weighted by atomic mass is 10.1. The third kappa shape index (κ3) is 3.18. The van der Waals surface area contributed by atoms with Crippen molar-refractivity contribution in [2.75, 3.05) is 0 Å². The highest BCUT2D eigenvalue weighted by Gasteiger charge is 2.15. The molecule has 2 rings (SSSR count). The van der Waals surface area contributed by atoms with Crippen molar-refractivity contribution in [1.29, 1.82) is 0 Å². The average molecular weight is 286 g/mol. The van der Waals surface area contributed by atoms with Gasteiger partial charge in [0.05, 0.1) is 5.69 Å². The van der Waals surface area contributed by atoms with E-state index in [2.05, 4.69) is 12.0 Å². The number of aromatic nitrogens is 2. The first-order valence-electron chi connectivity index (χ1n) is 7.02. The molecule has 0 unspecified atom stereocenters. The quantitative estimate of drug-likeness (QED) is 0.916. The Morgan fingerprint density at radius 3 is 2.43 bits per heavy atom. The van der Waals surface area contributed by atoms with Crippen molar-refractivity contribution in [2.24, 2.45) is 0 Å². The molecule has 0 bridgehead atoms. The summed E-state index contributed by atoms with van der Waals surface area (Å²) in [6.07, 6.45) is 4.14. The standard InChI is InChI=1S/C16H18N2O3/c1-3-5-11-6-8-13(9-7-11)18-10-12(4-2)15(19)14(17-18)16(20)21/h6-10H,3-5H2,1-2H3,(H,20,21). The minimum Gasteiger partial charge on any atom is -0.476 e. The summed E-state index contributed by atoms with van der Waals surface area (Å²) in [4.78, 5) is 23.0. The molecule has 5 heteroatoms. The van der Waals surface area contributed by atoms with E-state index in [-0.39, 0.29) is 0 Å². The number of carbonyl (C=O) groups is 1. The summed E-state index contributed by atoms with van der Waals surface area (Å²) in [5.74, 6) is -1.30. The minimum absolute atomic E-state index is 0.438. The first-order chi connectivity index (χ1) is 10.1. The fraction of sp³-hybridized carbons (Fsp3) is 0.312. The van der Waals surface area contributed by atoms with E-state index in [9.17, 15) is 9.59 Å². The van der Waals surface area contributed by atoms with E-state index in [4.69, 9.17) is 5.11 Å². The van der Waals surface area contributed by atoms with E-state index >= 15 is 0 Å². The van der Waals surface area contributed by atoms with Crippen LogP contribution < -0.4 is 5.43 Å². The Balaban J connectivity index is 2.50. The van der Waals surface area contributed by atoms with Gasteiger partial charge in [-0.25, -0.2) is 9.48 Å². The molecule has 1 aromatic heterocycles. The molecule has 1 N–H and O–H groups in total. The summed E-state index contributed by atoms with van der Waals surface area (Å²) in [6, 6.07) is 7.75. The molecule has 0 spiro atoms. The van der Waals surface area contributed by atoms with Gasteiger partial charge in [0.1, 0.15) is 0 Å². The molecule has 2 aromatic rings. The van der Waals surface area contributed by atoms with Crippen LogP contribution in [-0.4, -0.2) is 20.9 Å². The molecule has 1 aromatic carbocycles. The van der Waals surface area contributed by atoms with Crippen molar-refractivity contribution < 1.29 is 9.90 Å². The van der Waals surface area contributed by atoms with Gasteiger partial charge in [-0.15, -0.1) is 0 Å². The molecule has 0 atom stereocenters. The Labute approximate surface area is 122 Å². The Morgan fingerprint density at radius 2 is 1.90 bits per heavy atom. The summed E-state index contributed by atoms with van der Waals surface area (Å²) < 4.78 is 1.46. The van der Waals surface area contributed by atoms with Gasteiger partial charge in [-0.1, -0.05) is 32.4 Å². The largest absolute Gasteiger partial charge is 0.476 e. The van der Waals surface area contributed by atoms with Crippen LogP contribution in [0.4, 0.5) is 0 Å². The zero-order chi connectivity index (χ0) is 15.4. The van der Waals surface area contributed by atoms with E-state index < -0.39 is 17.1 Å². The first-order valence-corrected chi connectivity index (χ1v) is 7.02. The van der Waals surface area contributed by atoms with Crippen molar-refractivity contribution in [1.82, 2.24) is 9.78 Å².